The van der Waals surface area contributed by atoms with Gasteiger partial charge in [0, 0.05) is 33.4 Å². The molecule has 0 fully saturated rings. The maximum atomic E-state index is 12.3. The van der Waals surface area contributed by atoms with Gasteiger partial charge in [0.25, 0.3) is 0 Å². The zero-order valence-corrected chi connectivity index (χ0v) is 12.8. The molecule has 2 aromatic carbocycles. The van der Waals surface area contributed by atoms with Crippen molar-refractivity contribution >= 4 is 39.9 Å². The minimum atomic E-state index is -0.682. The molecule has 0 bridgehead atoms. The summed E-state index contributed by atoms with van der Waals surface area (Å²) in [5.74, 6) is -0.977. The largest absolute Gasteiger partial charge is 0.454 e. The topological polar surface area (TPSA) is 85.2 Å². The zero-order chi connectivity index (χ0) is 16.4. The minimum Gasteiger partial charge on any atom is -0.454 e. The summed E-state index contributed by atoms with van der Waals surface area (Å²) in [6.07, 6.45) is 1.61. The average molecular weight is 329 g/mol. The predicted molar refractivity (Wildman–Crippen MR) is 88.8 cm³/mol. The van der Waals surface area contributed by atoms with E-state index >= 15 is 0 Å². The van der Waals surface area contributed by atoms with Crippen LogP contribution in [0.5, 0.6) is 0 Å². The smallest absolute Gasteiger partial charge is 0.340 e. The Bertz CT molecular complexity index is 902. The molecule has 0 unspecified atom stereocenters. The first-order valence-electron chi connectivity index (χ1n) is 6.87. The quantitative estimate of drug-likeness (QED) is 0.436. The zero-order valence-electron chi connectivity index (χ0n) is 12.0. The van der Waals surface area contributed by atoms with E-state index < -0.39 is 5.97 Å². The first-order chi connectivity index (χ1) is 11.1. The number of hydrogen-bond acceptors (Lipinski definition) is 4. The number of esters is 1. The number of nitrogens with two attached hydrogens (primary N) is 1. The van der Waals surface area contributed by atoms with Gasteiger partial charge in [0.1, 0.15) is 0 Å². The van der Waals surface area contributed by atoms with Crippen LogP contribution in [0.2, 0.25) is 5.02 Å². The van der Waals surface area contributed by atoms with Gasteiger partial charge in [0.2, 0.25) is 5.78 Å². The number of ketones is 1. The fraction of sp³-hybridized carbons (Fsp3) is 0.0588. The van der Waals surface area contributed by atoms with Crippen LogP contribution in [0.3, 0.4) is 0 Å². The average Bonchev–Trinajstić information content (AvgIpc) is 2.98. The summed E-state index contributed by atoms with van der Waals surface area (Å²) in [5, 5.41) is 1.16. The molecule has 0 aliphatic rings. The van der Waals surface area contributed by atoms with E-state index in [0.29, 0.717) is 10.6 Å². The molecule has 0 spiro atoms. The highest BCUT2D eigenvalue weighted by Crippen LogP contribution is 2.20. The van der Waals surface area contributed by atoms with Crippen LogP contribution in [0.1, 0.15) is 20.7 Å². The van der Waals surface area contributed by atoms with Gasteiger partial charge in [-0.25, -0.2) is 4.79 Å². The van der Waals surface area contributed by atoms with Gasteiger partial charge >= 0.3 is 5.97 Å². The van der Waals surface area contributed by atoms with E-state index in [1.807, 2.05) is 24.3 Å². The summed E-state index contributed by atoms with van der Waals surface area (Å²) < 4.78 is 5.06. The van der Waals surface area contributed by atoms with Crippen molar-refractivity contribution in [1.29, 1.82) is 0 Å². The Morgan fingerprint density at radius 1 is 1.13 bits per heavy atom. The van der Waals surface area contributed by atoms with Crippen LogP contribution in [-0.4, -0.2) is 23.3 Å². The van der Waals surface area contributed by atoms with Gasteiger partial charge in [-0.05, 0) is 24.3 Å². The van der Waals surface area contributed by atoms with E-state index in [2.05, 4.69) is 4.98 Å². The third kappa shape index (κ3) is 3.05. The van der Waals surface area contributed by atoms with Crippen LogP contribution in [-0.2, 0) is 4.74 Å². The molecule has 3 rings (SSSR count). The molecular formula is C17H13ClN2O3. The van der Waals surface area contributed by atoms with Gasteiger partial charge < -0.3 is 15.5 Å². The number of hydrogen-bond donors (Lipinski definition) is 2. The molecule has 0 atom stereocenters. The third-order valence-corrected chi connectivity index (χ3v) is 3.69. The van der Waals surface area contributed by atoms with Crippen molar-refractivity contribution in [2.24, 2.45) is 0 Å². The molecular weight excluding hydrogens is 316 g/mol. The second kappa shape index (κ2) is 6.14. The number of aromatic nitrogens is 1. The summed E-state index contributed by atoms with van der Waals surface area (Å²) in [6, 6.07) is 11.9. The molecule has 1 aromatic heterocycles. The highest BCUT2D eigenvalue weighted by atomic mass is 35.5. The summed E-state index contributed by atoms with van der Waals surface area (Å²) in [7, 11) is 0. The number of fused-ring (bicyclic) bond motifs is 1. The Hall–Kier alpha value is -2.79. The Labute approximate surface area is 137 Å². The number of carbonyl (C=O) groups is 2. The second-order valence-corrected chi connectivity index (χ2v) is 5.42. The molecule has 0 saturated heterocycles. The molecule has 0 radical (unpaired) electrons. The standard InChI is InChI=1S/C17H13ClN2O3/c18-10-5-6-14(19)12(7-10)17(22)23-9-16(21)13-8-20-15-4-2-1-3-11(13)15/h1-8,20H,9,19H2. The van der Waals surface area contributed by atoms with Gasteiger partial charge in [0.15, 0.2) is 6.61 Å². The number of nitrogen functional groups attached to an aromatic ring is 1. The van der Waals surface area contributed by atoms with Crippen LogP contribution < -0.4 is 5.73 Å². The normalized spacial score (nSPS) is 10.7. The van der Waals surface area contributed by atoms with E-state index in [0.717, 1.165) is 10.9 Å². The lowest BCUT2D eigenvalue weighted by Crippen LogP contribution is -2.15. The van der Waals surface area contributed by atoms with Crippen LogP contribution in [0.15, 0.2) is 48.7 Å². The van der Waals surface area contributed by atoms with Gasteiger partial charge in [-0.2, -0.15) is 0 Å². The lowest BCUT2D eigenvalue weighted by molar-refractivity contribution is 0.0476. The maximum Gasteiger partial charge on any atom is 0.340 e. The number of rotatable bonds is 4. The molecule has 5 nitrogen and oxygen atoms in total. The Balaban J connectivity index is 1.74. The van der Waals surface area contributed by atoms with Crippen molar-refractivity contribution in [1.82, 2.24) is 4.98 Å². The number of H-pyrrole nitrogens is 1. The number of nitrogens with one attached hydrogen (secondary N) is 1. The van der Waals surface area contributed by atoms with E-state index in [1.165, 1.54) is 12.1 Å². The predicted octanol–water partition coefficient (Wildman–Crippen LogP) is 3.44. The van der Waals surface area contributed by atoms with Crippen molar-refractivity contribution in [3.05, 3.63) is 64.8 Å². The number of para-hydroxylation sites is 1. The third-order valence-electron chi connectivity index (χ3n) is 3.46. The van der Waals surface area contributed by atoms with E-state index in [1.54, 1.807) is 12.3 Å². The van der Waals surface area contributed by atoms with Gasteiger partial charge in [0.05, 0.1) is 5.56 Å². The Morgan fingerprint density at radius 2 is 1.91 bits per heavy atom. The minimum absolute atomic E-state index is 0.143. The fourth-order valence-electron chi connectivity index (χ4n) is 2.29. The van der Waals surface area contributed by atoms with Crippen LogP contribution in [0.4, 0.5) is 5.69 Å². The Kier molecular flexibility index (Phi) is 4.04. The molecule has 0 amide bonds. The number of Topliss-reactive ketones (excluding diaryl/α,β-unsaturated/α-hetero) is 1. The number of halogens is 1. The highest BCUT2D eigenvalue weighted by molar-refractivity contribution is 6.31. The lowest BCUT2D eigenvalue weighted by Gasteiger charge is -2.06. The molecule has 6 heteroatoms. The molecule has 0 saturated carbocycles. The summed E-state index contributed by atoms with van der Waals surface area (Å²) in [6.45, 7) is -0.368. The SMILES string of the molecule is Nc1ccc(Cl)cc1C(=O)OCC(=O)c1c[nH]c2ccccc12. The number of benzene rings is 2. The summed E-state index contributed by atoms with van der Waals surface area (Å²) in [4.78, 5) is 27.3. The first-order valence-corrected chi connectivity index (χ1v) is 7.25. The molecule has 0 aliphatic heterocycles. The number of aromatic amines is 1. The van der Waals surface area contributed by atoms with Crippen molar-refractivity contribution in [3.63, 3.8) is 0 Å². The molecule has 116 valence electrons. The lowest BCUT2D eigenvalue weighted by atomic mass is 10.1. The van der Waals surface area contributed by atoms with Gasteiger partial charge in [-0.15, -0.1) is 0 Å². The van der Waals surface area contributed by atoms with Crippen LogP contribution in [0, 0.1) is 0 Å². The molecule has 0 aliphatic carbocycles. The van der Waals surface area contributed by atoms with Crippen LogP contribution >= 0.6 is 11.6 Å². The first kappa shape index (κ1) is 15.1. The Morgan fingerprint density at radius 3 is 2.74 bits per heavy atom. The summed E-state index contributed by atoms with van der Waals surface area (Å²) in [5.41, 5.74) is 7.44. The second-order valence-electron chi connectivity index (χ2n) is 4.98. The molecule has 23 heavy (non-hydrogen) atoms. The highest BCUT2D eigenvalue weighted by Gasteiger charge is 2.17. The van der Waals surface area contributed by atoms with Crippen molar-refractivity contribution in [2.75, 3.05) is 12.3 Å². The van der Waals surface area contributed by atoms with E-state index in [4.69, 9.17) is 22.1 Å². The van der Waals surface area contributed by atoms with Crippen molar-refractivity contribution < 1.29 is 14.3 Å². The fourth-order valence-corrected chi connectivity index (χ4v) is 2.47. The van der Waals surface area contributed by atoms with Gasteiger partial charge in [-0.3, -0.25) is 4.79 Å². The monoisotopic (exact) mass is 328 g/mol. The number of anilines is 1. The number of carbonyl (C=O) groups excluding carboxylic acids is 2. The maximum absolute atomic E-state index is 12.3. The molecule has 1 heterocycles. The number of ether oxygens (including phenoxy) is 1. The molecule has 3 N–H and O–H groups in total. The van der Waals surface area contributed by atoms with E-state index in [-0.39, 0.29) is 23.6 Å². The van der Waals surface area contributed by atoms with Crippen LogP contribution in [0.25, 0.3) is 10.9 Å². The van der Waals surface area contributed by atoms with Crippen molar-refractivity contribution in [3.8, 4) is 0 Å². The van der Waals surface area contributed by atoms with E-state index in [9.17, 15) is 9.59 Å². The van der Waals surface area contributed by atoms with Gasteiger partial charge in [-0.1, -0.05) is 29.8 Å². The molecule has 3 aromatic rings. The summed E-state index contributed by atoms with van der Waals surface area (Å²) >= 11 is 5.84. The van der Waals surface area contributed by atoms with Crippen molar-refractivity contribution in [2.45, 2.75) is 0 Å².